The zero-order chi connectivity index (χ0) is 11.5. The summed E-state index contributed by atoms with van der Waals surface area (Å²) in [6.07, 6.45) is 5.27. The number of unbranched alkanes of at least 4 members (excludes halogenated alkanes) is 2. The van der Waals surface area contributed by atoms with Crippen molar-refractivity contribution >= 4 is 11.4 Å². The van der Waals surface area contributed by atoms with E-state index in [1.165, 1.54) is 0 Å². The summed E-state index contributed by atoms with van der Waals surface area (Å²) >= 11 is -1.54. The molecule has 0 aromatic heterocycles. The quantitative estimate of drug-likeness (QED) is 0.546. The molecule has 0 amide bonds. The van der Waals surface area contributed by atoms with Gasteiger partial charge in [0.1, 0.15) is 0 Å². The fourth-order valence-corrected chi connectivity index (χ4v) is 1.71. The highest BCUT2D eigenvalue weighted by molar-refractivity contribution is 7.75. The molecule has 0 aromatic rings. The zero-order valence-corrected chi connectivity index (χ0v) is 11.0. The van der Waals surface area contributed by atoms with Crippen LogP contribution in [-0.2, 0) is 19.7 Å². The predicted molar refractivity (Wildman–Crippen MR) is 63.6 cm³/mol. The molecule has 0 aliphatic carbocycles. The van der Waals surface area contributed by atoms with Gasteiger partial charge >= 0.3 is 11.4 Å². The van der Waals surface area contributed by atoms with Crippen LogP contribution in [0, 0.1) is 5.92 Å². The molecule has 0 aliphatic rings. The summed E-state index contributed by atoms with van der Waals surface area (Å²) < 4.78 is 21.1. The van der Waals surface area contributed by atoms with Gasteiger partial charge in [-0.15, -0.1) is 0 Å². The minimum absolute atomic E-state index is 0.526. The van der Waals surface area contributed by atoms with Crippen molar-refractivity contribution in [1.29, 1.82) is 0 Å². The molecule has 1 unspecified atom stereocenters. The van der Waals surface area contributed by atoms with Crippen LogP contribution in [0.5, 0.6) is 0 Å². The van der Waals surface area contributed by atoms with E-state index in [-0.39, 0.29) is 0 Å². The molecule has 0 saturated heterocycles. The lowest BCUT2D eigenvalue weighted by Gasteiger charge is -2.05. The SMILES string of the molecule is CCCCCOS(=O)OCCCC(C)C. The summed E-state index contributed by atoms with van der Waals surface area (Å²) in [6.45, 7) is 7.51. The molecular weight excluding hydrogens is 212 g/mol. The fourth-order valence-electron chi connectivity index (χ4n) is 1.13. The van der Waals surface area contributed by atoms with E-state index in [2.05, 4.69) is 20.8 Å². The van der Waals surface area contributed by atoms with Gasteiger partial charge in [0.25, 0.3) is 0 Å². The van der Waals surface area contributed by atoms with Gasteiger partial charge in [0.2, 0.25) is 0 Å². The van der Waals surface area contributed by atoms with Gasteiger partial charge in [-0.1, -0.05) is 33.6 Å². The molecule has 1 atom stereocenters. The first-order valence-corrected chi connectivity index (χ1v) is 6.85. The van der Waals surface area contributed by atoms with E-state index in [1.807, 2.05) is 0 Å². The average molecular weight is 236 g/mol. The third-order valence-electron chi connectivity index (χ3n) is 2.03. The molecule has 4 heteroatoms. The molecular formula is C11H24O3S. The Balaban J connectivity index is 3.19. The van der Waals surface area contributed by atoms with Gasteiger partial charge in [-0.05, 0) is 25.2 Å². The standard InChI is InChI=1S/C11H24O3S/c1-4-5-6-9-13-15(12)14-10-7-8-11(2)3/h11H,4-10H2,1-3H3. The first kappa shape index (κ1) is 15.1. The molecule has 0 rings (SSSR count). The van der Waals surface area contributed by atoms with Gasteiger partial charge in [0.05, 0.1) is 13.2 Å². The van der Waals surface area contributed by atoms with Crippen molar-refractivity contribution in [2.45, 2.75) is 52.9 Å². The Morgan fingerprint density at radius 2 is 1.67 bits per heavy atom. The molecule has 0 radical (unpaired) electrons. The van der Waals surface area contributed by atoms with Crippen LogP contribution >= 0.6 is 0 Å². The second-order valence-corrected chi connectivity index (χ2v) is 4.97. The second kappa shape index (κ2) is 10.6. The molecule has 92 valence electrons. The second-order valence-electron chi connectivity index (χ2n) is 4.09. The average Bonchev–Trinajstić information content (AvgIpc) is 2.19. The van der Waals surface area contributed by atoms with Crippen LogP contribution in [0.2, 0.25) is 0 Å². The normalized spacial score (nSPS) is 13.3. The van der Waals surface area contributed by atoms with Crippen molar-refractivity contribution < 1.29 is 12.6 Å². The molecule has 0 spiro atoms. The molecule has 0 fully saturated rings. The summed E-state index contributed by atoms with van der Waals surface area (Å²) in [5.41, 5.74) is 0. The third kappa shape index (κ3) is 12.0. The topological polar surface area (TPSA) is 35.5 Å². The van der Waals surface area contributed by atoms with E-state index in [0.29, 0.717) is 19.1 Å². The van der Waals surface area contributed by atoms with Crippen molar-refractivity contribution in [2.24, 2.45) is 5.92 Å². The van der Waals surface area contributed by atoms with Gasteiger partial charge in [-0.25, -0.2) is 0 Å². The van der Waals surface area contributed by atoms with Crippen molar-refractivity contribution in [3.05, 3.63) is 0 Å². The highest BCUT2D eigenvalue weighted by Gasteiger charge is 2.01. The highest BCUT2D eigenvalue weighted by atomic mass is 32.2. The molecule has 3 nitrogen and oxygen atoms in total. The first-order chi connectivity index (χ1) is 7.16. The monoisotopic (exact) mass is 236 g/mol. The Morgan fingerprint density at radius 1 is 1.07 bits per heavy atom. The Labute approximate surface area is 96.4 Å². The molecule has 0 aliphatic heterocycles. The van der Waals surface area contributed by atoms with Gasteiger partial charge in [-0.3, -0.25) is 8.37 Å². The maximum absolute atomic E-state index is 11.1. The molecule has 0 saturated carbocycles. The van der Waals surface area contributed by atoms with Crippen molar-refractivity contribution in [3.63, 3.8) is 0 Å². The predicted octanol–water partition coefficient (Wildman–Crippen LogP) is 3.22. The lowest BCUT2D eigenvalue weighted by atomic mass is 10.1. The number of hydrogen-bond donors (Lipinski definition) is 0. The van der Waals surface area contributed by atoms with Crippen molar-refractivity contribution in [3.8, 4) is 0 Å². The molecule has 0 bridgehead atoms. The van der Waals surface area contributed by atoms with Gasteiger partial charge < -0.3 is 0 Å². The van der Waals surface area contributed by atoms with Crippen LogP contribution in [0.4, 0.5) is 0 Å². The Hall–Kier alpha value is 0.0700. The van der Waals surface area contributed by atoms with E-state index in [4.69, 9.17) is 8.37 Å². The van der Waals surface area contributed by atoms with E-state index < -0.39 is 11.4 Å². The van der Waals surface area contributed by atoms with Crippen LogP contribution in [0.3, 0.4) is 0 Å². The number of hydrogen-bond acceptors (Lipinski definition) is 3. The molecule has 0 N–H and O–H groups in total. The fraction of sp³-hybridized carbons (Fsp3) is 1.00. The molecule has 0 heterocycles. The van der Waals surface area contributed by atoms with Gasteiger partial charge in [0, 0.05) is 0 Å². The third-order valence-corrected chi connectivity index (χ3v) is 2.75. The Kier molecular flexibility index (Phi) is 10.6. The number of rotatable bonds is 10. The van der Waals surface area contributed by atoms with E-state index in [0.717, 1.165) is 32.1 Å². The van der Waals surface area contributed by atoms with E-state index in [9.17, 15) is 4.21 Å². The summed E-state index contributed by atoms with van der Waals surface area (Å²) in [7, 11) is 0. The van der Waals surface area contributed by atoms with Gasteiger partial charge in [0.15, 0.2) is 0 Å². The van der Waals surface area contributed by atoms with Gasteiger partial charge in [-0.2, -0.15) is 4.21 Å². The lowest BCUT2D eigenvalue weighted by molar-refractivity contribution is 0.239. The van der Waals surface area contributed by atoms with Crippen molar-refractivity contribution in [2.75, 3.05) is 13.2 Å². The highest BCUT2D eigenvalue weighted by Crippen LogP contribution is 2.04. The first-order valence-electron chi connectivity index (χ1n) is 5.85. The summed E-state index contributed by atoms with van der Waals surface area (Å²) in [4.78, 5) is 0. The largest absolute Gasteiger partial charge is 0.304 e. The Bertz CT molecular complexity index is 160. The zero-order valence-electron chi connectivity index (χ0n) is 10.2. The van der Waals surface area contributed by atoms with E-state index >= 15 is 0 Å². The maximum Gasteiger partial charge on any atom is 0.304 e. The maximum atomic E-state index is 11.1. The van der Waals surface area contributed by atoms with Crippen LogP contribution in [0.1, 0.15) is 52.9 Å². The Morgan fingerprint density at radius 3 is 2.20 bits per heavy atom. The summed E-state index contributed by atoms with van der Waals surface area (Å²) in [5, 5.41) is 0. The van der Waals surface area contributed by atoms with Crippen LogP contribution in [-0.4, -0.2) is 17.4 Å². The smallest absolute Gasteiger partial charge is 0.268 e. The van der Waals surface area contributed by atoms with Crippen molar-refractivity contribution in [1.82, 2.24) is 0 Å². The lowest BCUT2D eigenvalue weighted by Crippen LogP contribution is -2.05. The van der Waals surface area contributed by atoms with Crippen LogP contribution in [0.15, 0.2) is 0 Å². The van der Waals surface area contributed by atoms with Crippen LogP contribution in [0.25, 0.3) is 0 Å². The van der Waals surface area contributed by atoms with E-state index in [1.54, 1.807) is 0 Å². The van der Waals surface area contributed by atoms with Crippen LogP contribution < -0.4 is 0 Å². The summed E-state index contributed by atoms with van der Waals surface area (Å²) in [6, 6.07) is 0. The molecule has 0 aromatic carbocycles. The minimum Gasteiger partial charge on any atom is -0.268 e. The summed E-state index contributed by atoms with van der Waals surface area (Å²) in [5.74, 6) is 0.674. The molecule has 15 heavy (non-hydrogen) atoms. The minimum atomic E-state index is -1.54.